The van der Waals surface area contributed by atoms with Crippen LogP contribution in [0.5, 0.6) is 0 Å². The SMILES string of the molecule is CC(C)(C)OC(=O)C1=CCCC12C(=O)N(Cc1ccccc1)C(=O)N2Cc1ccccc1. The molecule has 2 aromatic carbocycles. The van der Waals surface area contributed by atoms with Crippen molar-refractivity contribution in [2.45, 2.75) is 57.8 Å². The molecular formula is C26H28N2O4. The van der Waals surface area contributed by atoms with Crippen molar-refractivity contribution >= 4 is 17.9 Å². The number of nitrogens with zero attached hydrogens (tertiary/aromatic N) is 2. The van der Waals surface area contributed by atoms with Gasteiger partial charge < -0.3 is 9.64 Å². The number of urea groups is 1. The molecule has 1 spiro atoms. The minimum atomic E-state index is -1.34. The van der Waals surface area contributed by atoms with Crippen LogP contribution < -0.4 is 0 Å². The van der Waals surface area contributed by atoms with Crippen LogP contribution in [0, 0.1) is 0 Å². The minimum absolute atomic E-state index is 0.160. The smallest absolute Gasteiger partial charge is 0.337 e. The van der Waals surface area contributed by atoms with Crippen LogP contribution in [0.3, 0.4) is 0 Å². The van der Waals surface area contributed by atoms with Gasteiger partial charge in [0.25, 0.3) is 5.91 Å². The Morgan fingerprint density at radius 3 is 2.06 bits per heavy atom. The monoisotopic (exact) mass is 432 g/mol. The topological polar surface area (TPSA) is 66.9 Å². The number of hydrogen-bond acceptors (Lipinski definition) is 4. The maximum Gasteiger partial charge on any atom is 0.337 e. The fourth-order valence-electron chi connectivity index (χ4n) is 4.43. The molecule has 1 aliphatic carbocycles. The lowest BCUT2D eigenvalue weighted by molar-refractivity contribution is -0.152. The Hall–Kier alpha value is -3.41. The Balaban J connectivity index is 1.74. The summed E-state index contributed by atoms with van der Waals surface area (Å²) in [6.07, 6.45) is 2.64. The highest BCUT2D eigenvalue weighted by molar-refractivity contribution is 6.14. The quantitative estimate of drug-likeness (QED) is 0.517. The normalized spacial score (nSPS) is 20.8. The highest BCUT2D eigenvalue weighted by atomic mass is 16.6. The number of carbonyl (C=O) groups excluding carboxylic acids is 3. The Morgan fingerprint density at radius 1 is 0.938 bits per heavy atom. The zero-order valence-corrected chi connectivity index (χ0v) is 18.7. The molecule has 2 aliphatic rings. The van der Waals surface area contributed by atoms with E-state index in [1.807, 2.05) is 60.7 Å². The van der Waals surface area contributed by atoms with Crippen LogP contribution >= 0.6 is 0 Å². The Kier molecular flexibility index (Phi) is 5.63. The summed E-state index contributed by atoms with van der Waals surface area (Å²) >= 11 is 0. The molecule has 0 aromatic heterocycles. The fraction of sp³-hybridized carbons (Fsp3) is 0.346. The van der Waals surface area contributed by atoms with E-state index in [-0.39, 0.29) is 30.6 Å². The molecular weight excluding hydrogens is 404 g/mol. The number of hydrogen-bond donors (Lipinski definition) is 0. The molecule has 6 nitrogen and oxygen atoms in total. The first-order chi connectivity index (χ1) is 15.2. The minimum Gasteiger partial charge on any atom is -0.457 e. The first-order valence-corrected chi connectivity index (χ1v) is 10.9. The van der Waals surface area contributed by atoms with Gasteiger partial charge >= 0.3 is 12.0 Å². The molecule has 1 heterocycles. The highest BCUT2D eigenvalue weighted by Gasteiger charge is 2.62. The van der Waals surface area contributed by atoms with Crippen LogP contribution in [0.1, 0.15) is 44.7 Å². The Morgan fingerprint density at radius 2 is 1.50 bits per heavy atom. The van der Waals surface area contributed by atoms with E-state index >= 15 is 0 Å². The van der Waals surface area contributed by atoms with E-state index in [9.17, 15) is 14.4 Å². The van der Waals surface area contributed by atoms with Gasteiger partial charge in [0, 0.05) is 6.54 Å². The van der Waals surface area contributed by atoms with Crippen LogP contribution in [0.2, 0.25) is 0 Å². The molecule has 1 saturated heterocycles. The van der Waals surface area contributed by atoms with Crippen molar-refractivity contribution in [2.75, 3.05) is 0 Å². The lowest BCUT2D eigenvalue weighted by Crippen LogP contribution is -2.51. The van der Waals surface area contributed by atoms with Gasteiger partial charge in [-0.2, -0.15) is 0 Å². The molecule has 0 N–H and O–H groups in total. The number of benzene rings is 2. The number of imide groups is 1. The summed E-state index contributed by atoms with van der Waals surface area (Å²) in [7, 11) is 0. The molecule has 3 amide bonds. The molecule has 32 heavy (non-hydrogen) atoms. The number of ether oxygens (including phenoxy) is 1. The number of carbonyl (C=O) groups is 3. The lowest BCUT2D eigenvalue weighted by atomic mass is 9.88. The second kappa shape index (κ2) is 8.26. The van der Waals surface area contributed by atoms with Gasteiger partial charge in [-0.15, -0.1) is 0 Å². The van der Waals surface area contributed by atoms with E-state index in [4.69, 9.17) is 4.74 Å². The third kappa shape index (κ3) is 3.93. The summed E-state index contributed by atoms with van der Waals surface area (Å²) < 4.78 is 5.63. The summed E-state index contributed by atoms with van der Waals surface area (Å²) in [5.41, 5.74) is -0.0419. The van der Waals surface area contributed by atoms with Gasteiger partial charge in [-0.1, -0.05) is 66.7 Å². The third-order valence-electron chi connectivity index (χ3n) is 5.81. The van der Waals surface area contributed by atoms with E-state index in [1.165, 1.54) is 4.90 Å². The summed E-state index contributed by atoms with van der Waals surface area (Å²) in [6.45, 7) is 5.76. The average Bonchev–Trinajstić information content (AvgIpc) is 3.27. The molecule has 0 saturated carbocycles. The van der Waals surface area contributed by atoms with E-state index < -0.39 is 17.1 Å². The van der Waals surface area contributed by atoms with E-state index in [2.05, 4.69) is 0 Å². The summed E-state index contributed by atoms with van der Waals surface area (Å²) in [5.74, 6) is -0.910. The predicted molar refractivity (Wildman–Crippen MR) is 120 cm³/mol. The molecule has 2 aromatic rings. The van der Waals surface area contributed by atoms with E-state index in [0.29, 0.717) is 12.8 Å². The standard InChI is InChI=1S/C26H28N2O4/c1-25(2,3)32-22(29)21-15-10-16-26(21)23(30)27(17-19-11-6-4-7-12-19)24(31)28(26)18-20-13-8-5-9-14-20/h4-9,11-15H,10,16-18H2,1-3H3. The molecule has 4 rings (SSSR count). The predicted octanol–water partition coefficient (Wildman–Crippen LogP) is 4.45. The van der Waals surface area contributed by atoms with Crippen LogP contribution in [0.4, 0.5) is 4.79 Å². The summed E-state index contributed by atoms with van der Waals surface area (Å²) in [6, 6.07) is 18.5. The molecule has 1 fully saturated rings. The third-order valence-corrected chi connectivity index (χ3v) is 5.81. The van der Waals surface area contributed by atoms with Gasteiger partial charge in [0.1, 0.15) is 5.60 Å². The highest BCUT2D eigenvalue weighted by Crippen LogP contribution is 2.45. The number of esters is 1. The molecule has 1 unspecified atom stereocenters. The number of amides is 3. The van der Waals surface area contributed by atoms with Crippen molar-refractivity contribution in [3.05, 3.63) is 83.4 Å². The Bertz CT molecular complexity index is 1060. The maximum atomic E-state index is 13.8. The first kappa shape index (κ1) is 21.8. The van der Waals surface area contributed by atoms with Crippen molar-refractivity contribution in [3.8, 4) is 0 Å². The number of rotatable bonds is 5. The van der Waals surface area contributed by atoms with Gasteiger partial charge in [-0.3, -0.25) is 9.69 Å². The maximum absolute atomic E-state index is 13.8. The van der Waals surface area contributed by atoms with Crippen LogP contribution in [0.15, 0.2) is 72.3 Å². The van der Waals surface area contributed by atoms with Crippen LogP contribution in [0.25, 0.3) is 0 Å². The zero-order chi connectivity index (χ0) is 22.9. The summed E-state index contributed by atoms with van der Waals surface area (Å²) in [5, 5.41) is 0. The van der Waals surface area contributed by atoms with Crippen LogP contribution in [-0.2, 0) is 27.4 Å². The molecule has 0 bridgehead atoms. The molecule has 0 radical (unpaired) electrons. The van der Waals surface area contributed by atoms with Crippen molar-refractivity contribution < 1.29 is 19.1 Å². The molecule has 1 atom stereocenters. The molecule has 6 heteroatoms. The second-order valence-electron chi connectivity index (χ2n) is 9.25. The van der Waals surface area contributed by atoms with Gasteiger partial charge in [0.15, 0.2) is 5.54 Å². The van der Waals surface area contributed by atoms with Gasteiger partial charge in [0.05, 0.1) is 12.1 Å². The molecule has 166 valence electrons. The van der Waals surface area contributed by atoms with Crippen molar-refractivity contribution in [2.24, 2.45) is 0 Å². The first-order valence-electron chi connectivity index (χ1n) is 10.9. The van der Waals surface area contributed by atoms with Gasteiger partial charge in [0.2, 0.25) is 0 Å². The second-order valence-corrected chi connectivity index (χ2v) is 9.25. The lowest BCUT2D eigenvalue weighted by Gasteiger charge is -2.34. The van der Waals surface area contributed by atoms with E-state index in [0.717, 1.165) is 11.1 Å². The van der Waals surface area contributed by atoms with Gasteiger partial charge in [-0.25, -0.2) is 9.59 Å². The van der Waals surface area contributed by atoms with E-state index in [1.54, 1.807) is 31.7 Å². The van der Waals surface area contributed by atoms with Crippen molar-refractivity contribution in [1.29, 1.82) is 0 Å². The van der Waals surface area contributed by atoms with Gasteiger partial charge in [-0.05, 0) is 44.7 Å². The largest absolute Gasteiger partial charge is 0.457 e. The summed E-state index contributed by atoms with van der Waals surface area (Å²) in [4.78, 5) is 43.4. The zero-order valence-electron chi connectivity index (χ0n) is 18.7. The number of allylic oxidation sites excluding steroid dienone is 1. The van der Waals surface area contributed by atoms with Crippen molar-refractivity contribution in [1.82, 2.24) is 9.80 Å². The van der Waals surface area contributed by atoms with Crippen molar-refractivity contribution in [3.63, 3.8) is 0 Å². The average molecular weight is 433 g/mol. The Labute approximate surface area is 188 Å². The molecule has 1 aliphatic heterocycles. The van der Waals surface area contributed by atoms with Crippen LogP contribution in [-0.4, -0.2) is 38.8 Å². The fourth-order valence-corrected chi connectivity index (χ4v) is 4.43.